The summed E-state index contributed by atoms with van der Waals surface area (Å²) in [5.74, 6) is -3.24. The standard InChI is InChI=1S/C19H18F2N4O2S/c1-24(2)17(27)12-6-5-7-13(10-12)22-16(26)11-25-15-9-4-3-8-14(15)23-19(25)28-18(20)21/h3-10,18H,11H2,1-2H3,(H,22,26). The van der Waals surface area contributed by atoms with Gasteiger partial charge in [-0.1, -0.05) is 18.2 Å². The van der Waals surface area contributed by atoms with Crippen LogP contribution in [-0.4, -0.2) is 46.1 Å². The average molecular weight is 404 g/mol. The summed E-state index contributed by atoms with van der Waals surface area (Å²) in [5, 5.41) is 2.78. The first-order chi connectivity index (χ1) is 13.3. The predicted molar refractivity (Wildman–Crippen MR) is 105 cm³/mol. The molecule has 6 nitrogen and oxygen atoms in total. The Balaban J connectivity index is 1.82. The molecule has 0 radical (unpaired) electrons. The van der Waals surface area contributed by atoms with Crippen LogP contribution in [0.1, 0.15) is 10.4 Å². The van der Waals surface area contributed by atoms with E-state index in [2.05, 4.69) is 10.3 Å². The zero-order valence-corrected chi connectivity index (χ0v) is 16.0. The summed E-state index contributed by atoms with van der Waals surface area (Å²) in [5.41, 5.74) is 2.02. The second kappa shape index (κ2) is 8.39. The number of halogens is 2. The maximum atomic E-state index is 12.9. The van der Waals surface area contributed by atoms with Crippen molar-refractivity contribution in [2.45, 2.75) is 17.5 Å². The van der Waals surface area contributed by atoms with Gasteiger partial charge in [-0.25, -0.2) is 4.98 Å². The minimum absolute atomic E-state index is 0.0721. The molecule has 146 valence electrons. The predicted octanol–water partition coefficient (Wildman–Crippen LogP) is 3.69. The number of imidazole rings is 1. The molecule has 0 aliphatic rings. The van der Waals surface area contributed by atoms with Gasteiger partial charge in [-0.05, 0) is 42.1 Å². The molecule has 28 heavy (non-hydrogen) atoms. The number of carbonyl (C=O) groups is 2. The molecule has 9 heteroatoms. The highest BCUT2D eigenvalue weighted by molar-refractivity contribution is 7.99. The first-order valence-electron chi connectivity index (χ1n) is 8.37. The van der Waals surface area contributed by atoms with Crippen LogP contribution >= 0.6 is 11.8 Å². The topological polar surface area (TPSA) is 67.2 Å². The Labute approximate surface area is 164 Å². The van der Waals surface area contributed by atoms with Crippen LogP contribution in [0.25, 0.3) is 11.0 Å². The molecule has 1 N–H and O–H groups in total. The molecule has 0 aliphatic heterocycles. The number of benzene rings is 2. The van der Waals surface area contributed by atoms with E-state index in [1.54, 1.807) is 62.6 Å². The largest absolute Gasteiger partial charge is 0.345 e. The smallest absolute Gasteiger partial charge is 0.291 e. The number of hydrogen-bond acceptors (Lipinski definition) is 4. The Morgan fingerprint density at radius 2 is 1.93 bits per heavy atom. The van der Waals surface area contributed by atoms with Gasteiger partial charge in [0.1, 0.15) is 6.54 Å². The third-order valence-corrected chi connectivity index (χ3v) is 4.62. The van der Waals surface area contributed by atoms with Crippen molar-refractivity contribution in [3.63, 3.8) is 0 Å². The van der Waals surface area contributed by atoms with Crippen LogP contribution in [-0.2, 0) is 11.3 Å². The molecule has 0 unspecified atom stereocenters. The Morgan fingerprint density at radius 1 is 1.18 bits per heavy atom. The molecule has 0 atom stereocenters. The van der Waals surface area contributed by atoms with Crippen molar-refractivity contribution in [1.82, 2.24) is 14.5 Å². The summed E-state index contributed by atoms with van der Waals surface area (Å²) in [6.45, 7) is -0.179. The highest BCUT2D eigenvalue weighted by Crippen LogP contribution is 2.28. The van der Waals surface area contributed by atoms with Crippen molar-refractivity contribution in [3.05, 3.63) is 54.1 Å². The molecule has 0 spiro atoms. The molecule has 0 fully saturated rings. The number of anilines is 1. The Hall–Kier alpha value is -2.94. The van der Waals surface area contributed by atoms with Gasteiger partial charge in [0.2, 0.25) is 5.91 Å². The van der Waals surface area contributed by atoms with Crippen LogP contribution < -0.4 is 5.32 Å². The first-order valence-corrected chi connectivity index (χ1v) is 9.25. The van der Waals surface area contributed by atoms with Gasteiger partial charge in [0.05, 0.1) is 11.0 Å². The van der Waals surface area contributed by atoms with E-state index in [1.165, 1.54) is 9.47 Å². The lowest BCUT2D eigenvalue weighted by atomic mass is 10.2. The molecule has 3 aromatic rings. The highest BCUT2D eigenvalue weighted by Gasteiger charge is 2.18. The first kappa shape index (κ1) is 19.8. The number of nitrogens with one attached hydrogen (secondary N) is 1. The fourth-order valence-electron chi connectivity index (χ4n) is 2.71. The number of nitrogens with zero attached hydrogens (tertiary/aromatic N) is 3. The van der Waals surface area contributed by atoms with Crippen LogP contribution in [0, 0.1) is 0 Å². The van der Waals surface area contributed by atoms with E-state index in [9.17, 15) is 18.4 Å². The average Bonchev–Trinajstić information content (AvgIpc) is 2.97. The molecule has 0 saturated heterocycles. The summed E-state index contributed by atoms with van der Waals surface area (Å²) in [6.07, 6.45) is 0. The fraction of sp³-hybridized carbons (Fsp3) is 0.211. The third-order valence-electron chi connectivity index (χ3n) is 3.92. The van der Waals surface area contributed by atoms with Crippen LogP contribution in [0.15, 0.2) is 53.7 Å². The number of rotatable bonds is 6. The monoisotopic (exact) mass is 404 g/mol. The van der Waals surface area contributed by atoms with Crippen LogP contribution in [0.2, 0.25) is 0 Å². The van der Waals surface area contributed by atoms with Crippen molar-refractivity contribution in [3.8, 4) is 0 Å². The molecule has 1 aromatic heterocycles. The minimum Gasteiger partial charge on any atom is -0.345 e. The van der Waals surface area contributed by atoms with E-state index in [-0.39, 0.29) is 17.6 Å². The molecule has 2 aromatic carbocycles. The van der Waals surface area contributed by atoms with Crippen LogP contribution in [0.3, 0.4) is 0 Å². The molecule has 0 saturated carbocycles. The Kier molecular flexibility index (Phi) is 5.93. The van der Waals surface area contributed by atoms with Crippen LogP contribution in [0.5, 0.6) is 0 Å². The number of hydrogen-bond donors (Lipinski definition) is 1. The fourth-order valence-corrected chi connectivity index (χ4v) is 3.31. The molecule has 0 aliphatic carbocycles. The molecular weight excluding hydrogens is 386 g/mol. The highest BCUT2D eigenvalue weighted by atomic mass is 32.2. The van der Waals surface area contributed by atoms with Gasteiger partial charge in [0, 0.05) is 25.3 Å². The lowest BCUT2D eigenvalue weighted by Gasteiger charge is -2.12. The number of fused-ring (bicyclic) bond motifs is 1. The normalized spacial score (nSPS) is 11.0. The summed E-state index contributed by atoms with van der Waals surface area (Å²) < 4.78 is 27.2. The van der Waals surface area contributed by atoms with Crippen molar-refractivity contribution in [1.29, 1.82) is 0 Å². The Bertz CT molecular complexity index is 1020. The lowest BCUT2D eigenvalue weighted by Crippen LogP contribution is -2.22. The molecule has 3 rings (SSSR count). The summed E-state index contributed by atoms with van der Waals surface area (Å²) in [6, 6.07) is 13.5. The van der Waals surface area contributed by atoms with Gasteiger partial charge < -0.3 is 14.8 Å². The second-order valence-corrected chi connectivity index (χ2v) is 7.13. The third kappa shape index (κ3) is 4.48. The zero-order chi connectivity index (χ0) is 20.3. The SMILES string of the molecule is CN(C)C(=O)c1cccc(NC(=O)Cn2c(SC(F)F)nc3ccccc32)c1. The van der Waals surface area contributed by atoms with E-state index < -0.39 is 11.7 Å². The van der Waals surface area contributed by atoms with Crippen molar-refractivity contribution in [2.24, 2.45) is 0 Å². The van der Waals surface area contributed by atoms with E-state index in [0.717, 1.165) is 0 Å². The van der Waals surface area contributed by atoms with Gasteiger partial charge in [0.25, 0.3) is 11.7 Å². The number of carbonyl (C=O) groups excluding carboxylic acids is 2. The number of thioether (sulfide) groups is 1. The van der Waals surface area contributed by atoms with Crippen molar-refractivity contribution >= 4 is 40.3 Å². The number of aromatic nitrogens is 2. The molecule has 2 amide bonds. The molecule has 1 heterocycles. The van der Waals surface area contributed by atoms with E-state index in [0.29, 0.717) is 34.0 Å². The van der Waals surface area contributed by atoms with Gasteiger partial charge in [0.15, 0.2) is 5.16 Å². The summed E-state index contributed by atoms with van der Waals surface area (Å²) >= 11 is 0.297. The van der Waals surface area contributed by atoms with Crippen LogP contribution in [0.4, 0.5) is 14.5 Å². The van der Waals surface area contributed by atoms with E-state index in [1.807, 2.05) is 0 Å². The number of para-hydroxylation sites is 2. The minimum atomic E-state index is -2.65. The maximum Gasteiger partial charge on any atom is 0.291 e. The molecule has 0 bridgehead atoms. The summed E-state index contributed by atoms with van der Waals surface area (Å²) in [7, 11) is 3.28. The lowest BCUT2D eigenvalue weighted by molar-refractivity contribution is -0.116. The van der Waals surface area contributed by atoms with E-state index in [4.69, 9.17) is 0 Å². The van der Waals surface area contributed by atoms with E-state index >= 15 is 0 Å². The van der Waals surface area contributed by atoms with Gasteiger partial charge in [-0.3, -0.25) is 9.59 Å². The van der Waals surface area contributed by atoms with Gasteiger partial charge >= 0.3 is 0 Å². The summed E-state index contributed by atoms with van der Waals surface area (Å²) in [4.78, 5) is 30.2. The molecular formula is C19H18F2N4O2S. The zero-order valence-electron chi connectivity index (χ0n) is 15.2. The van der Waals surface area contributed by atoms with Crippen molar-refractivity contribution < 1.29 is 18.4 Å². The Morgan fingerprint density at radius 3 is 2.64 bits per heavy atom. The van der Waals surface area contributed by atoms with Gasteiger partial charge in [-0.2, -0.15) is 8.78 Å². The van der Waals surface area contributed by atoms with Gasteiger partial charge in [-0.15, -0.1) is 0 Å². The number of alkyl halides is 2. The number of amides is 2. The maximum absolute atomic E-state index is 12.9. The second-order valence-electron chi connectivity index (χ2n) is 6.18. The quantitative estimate of drug-likeness (QED) is 0.637. The van der Waals surface area contributed by atoms with Crippen molar-refractivity contribution in [2.75, 3.05) is 19.4 Å².